The van der Waals surface area contributed by atoms with E-state index in [0.29, 0.717) is 12.5 Å². The summed E-state index contributed by atoms with van der Waals surface area (Å²) in [6, 6.07) is 0.290. The molecule has 2 bridgehead atoms. The zero-order valence-electron chi connectivity index (χ0n) is 11.2. The SMILES string of the molecule is CC(C)(C)OC(=O)N1[C@@H]2CC[C@@H](C2)[C@H]1CN=[N+]=[N-]. The third-order valence-electron chi connectivity index (χ3n) is 3.68. The smallest absolute Gasteiger partial charge is 0.410 e. The van der Waals surface area contributed by atoms with Crippen molar-refractivity contribution in [2.24, 2.45) is 11.0 Å². The van der Waals surface area contributed by atoms with Gasteiger partial charge in [-0.2, -0.15) is 0 Å². The molecule has 1 aliphatic carbocycles. The first-order valence-corrected chi connectivity index (χ1v) is 6.44. The second-order valence-electron chi connectivity index (χ2n) is 6.10. The highest BCUT2D eigenvalue weighted by Gasteiger charge is 2.48. The third-order valence-corrected chi connectivity index (χ3v) is 3.68. The number of amides is 1. The summed E-state index contributed by atoms with van der Waals surface area (Å²) in [6.07, 6.45) is 2.91. The molecule has 1 amide bonds. The summed E-state index contributed by atoms with van der Waals surface area (Å²) in [4.78, 5) is 16.8. The van der Waals surface area contributed by atoms with Crippen LogP contribution < -0.4 is 0 Å². The quantitative estimate of drug-likeness (QED) is 0.430. The van der Waals surface area contributed by atoms with E-state index in [-0.39, 0.29) is 18.2 Å². The van der Waals surface area contributed by atoms with Crippen LogP contribution in [0.2, 0.25) is 0 Å². The van der Waals surface area contributed by atoms with Gasteiger partial charge in [0.1, 0.15) is 5.60 Å². The summed E-state index contributed by atoms with van der Waals surface area (Å²) < 4.78 is 5.44. The van der Waals surface area contributed by atoms with Gasteiger partial charge in [-0.15, -0.1) is 0 Å². The van der Waals surface area contributed by atoms with Crippen LogP contribution in [0.1, 0.15) is 40.0 Å². The molecule has 0 N–H and O–H groups in total. The molecule has 6 nitrogen and oxygen atoms in total. The van der Waals surface area contributed by atoms with E-state index in [4.69, 9.17) is 10.3 Å². The molecule has 0 spiro atoms. The van der Waals surface area contributed by atoms with Gasteiger partial charge in [-0.3, -0.25) is 0 Å². The van der Waals surface area contributed by atoms with Crippen LogP contribution in [-0.2, 0) is 4.74 Å². The van der Waals surface area contributed by atoms with Crippen LogP contribution in [0.5, 0.6) is 0 Å². The molecule has 2 rings (SSSR count). The van der Waals surface area contributed by atoms with E-state index < -0.39 is 5.60 Å². The summed E-state index contributed by atoms with van der Waals surface area (Å²) in [5, 5.41) is 3.63. The molecule has 100 valence electrons. The van der Waals surface area contributed by atoms with E-state index in [0.717, 1.165) is 19.3 Å². The molecular weight excluding hydrogens is 232 g/mol. The number of ether oxygens (including phenoxy) is 1. The lowest BCUT2D eigenvalue weighted by atomic mass is 9.99. The van der Waals surface area contributed by atoms with E-state index in [2.05, 4.69) is 10.0 Å². The molecule has 1 saturated heterocycles. The zero-order chi connectivity index (χ0) is 13.3. The topological polar surface area (TPSA) is 78.3 Å². The van der Waals surface area contributed by atoms with Crippen LogP contribution in [0.3, 0.4) is 0 Å². The maximum absolute atomic E-state index is 12.2. The molecule has 0 aromatic heterocycles. The fraction of sp³-hybridized carbons (Fsp3) is 0.917. The molecule has 1 aliphatic heterocycles. The Kier molecular flexibility index (Phi) is 3.39. The molecule has 0 aromatic rings. The largest absolute Gasteiger partial charge is 0.444 e. The van der Waals surface area contributed by atoms with E-state index >= 15 is 0 Å². The predicted octanol–water partition coefficient (Wildman–Crippen LogP) is 3.08. The van der Waals surface area contributed by atoms with Gasteiger partial charge in [-0.25, -0.2) is 4.79 Å². The first-order chi connectivity index (χ1) is 8.42. The Morgan fingerprint density at radius 3 is 2.83 bits per heavy atom. The standard InChI is InChI=1S/C12H20N4O2/c1-12(2,3)18-11(17)16-9-5-4-8(6-9)10(16)7-14-15-13/h8-10H,4-7H2,1-3H3/t8-,9+,10+/m0/s1. The lowest BCUT2D eigenvalue weighted by molar-refractivity contribution is 0.00860. The molecule has 3 atom stereocenters. The first kappa shape index (κ1) is 13.0. The van der Waals surface area contributed by atoms with Crippen molar-refractivity contribution in [3.8, 4) is 0 Å². The minimum absolute atomic E-state index is 0.0227. The average molecular weight is 252 g/mol. The number of hydrogen-bond donors (Lipinski definition) is 0. The van der Waals surface area contributed by atoms with Crippen molar-refractivity contribution in [2.45, 2.75) is 57.7 Å². The van der Waals surface area contributed by atoms with E-state index in [1.54, 1.807) is 4.90 Å². The van der Waals surface area contributed by atoms with Crippen LogP contribution in [-0.4, -0.2) is 35.2 Å². The Balaban J connectivity index is 2.09. The van der Waals surface area contributed by atoms with Gasteiger partial charge in [0.05, 0.1) is 0 Å². The fourth-order valence-electron chi connectivity index (χ4n) is 3.05. The molecule has 2 fully saturated rings. The summed E-state index contributed by atoms with van der Waals surface area (Å²) in [6.45, 7) is 5.95. The summed E-state index contributed by atoms with van der Waals surface area (Å²) >= 11 is 0. The van der Waals surface area contributed by atoms with E-state index in [1.165, 1.54) is 0 Å². The van der Waals surface area contributed by atoms with Gasteiger partial charge in [-0.05, 0) is 51.5 Å². The van der Waals surface area contributed by atoms with Gasteiger partial charge >= 0.3 is 6.09 Å². The van der Waals surface area contributed by atoms with Gasteiger partial charge < -0.3 is 9.64 Å². The number of hydrogen-bond acceptors (Lipinski definition) is 3. The number of fused-ring (bicyclic) bond motifs is 2. The molecule has 0 unspecified atom stereocenters. The minimum atomic E-state index is -0.484. The normalized spacial score (nSPS) is 30.2. The van der Waals surface area contributed by atoms with Crippen LogP contribution in [0.25, 0.3) is 10.4 Å². The number of likely N-dealkylation sites (tertiary alicyclic amines) is 1. The fourth-order valence-corrected chi connectivity index (χ4v) is 3.05. The van der Waals surface area contributed by atoms with Crippen molar-refractivity contribution >= 4 is 6.09 Å². The number of carbonyl (C=O) groups is 1. The van der Waals surface area contributed by atoms with Crippen molar-refractivity contribution in [3.05, 3.63) is 10.4 Å². The Bertz CT molecular complexity index is 384. The number of rotatable bonds is 2. The van der Waals surface area contributed by atoms with Gasteiger partial charge in [0.25, 0.3) is 0 Å². The highest BCUT2D eigenvalue weighted by molar-refractivity contribution is 5.70. The molecule has 18 heavy (non-hydrogen) atoms. The Morgan fingerprint density at radius 1 is 1.50 bits per heavy atom. The first-order valence-electron chi connectivity index (χ1n) is 6.44. The van der Waals surface area contributed by atoms with Crippen LogP contribution in [0.15, 0.2) is 5.11 Å². The molecule has 0 radical (unpaired) electrons. The molecule has 0 aromatic carbocycles. The van der Waals surface area contributed by atoms with Crippen LogP contribution >= 0.6 is 0 Å². The number of piperidine rings is 1. The van der Waals surface area contributed by atoms with Gasteiger partial charge in [0.15, 0.2) is 0 Å². The maximum Gasteiger partial charge on any atom is 0.410 e. The Morgan fingerprint density at radius 2 is 2.22 bits per heavy atom. The third kappa shape index (κ3) is 2.53. The second kappa shape index (κ2) is 4.69. The van der Waals surface area contributed by atoms with Crippen molar-refractivity contribution in [3.63, 3.8) is 0 Å². The Labute approximate surface area is 107 Å². The summed E-state index contributed by atoms with van der Waals surface area (Å²) in [7, 11) is 0. The second-order valence-corrected chi connectivity index (χ2v) is 6.10. The highest BCUT2D eigenvalue weighted by atomic mass is 16.6. The summed E-state index contributed by atoms with van der Waals surface area (Å²) in [5.74, 6) is 0.466. The van der Waals surface area contributed by atoms with E-state index in [1.807, 2.05) is 20.8 Å². The minimum Gasteiger partial charge on any atom is -0.444 e. The monoisotopic (exact) mass is 252 g/mol. The number of azide groups is 1. The van der Waals surface area contributed by atoms with Crippen molar-refractivity contribution in [2.75, 3.05) is 6.54 Å². The molecular formula is C12H20N4O2. The highest BCUT2D eigenvalue weighted by Crippen LogP contribution is 2.43. The number of carbonyl (C=O) groups excluding carboxylic acids is 1. The average Bonchev–Trinajstić information content (AvgIpc) is 2.83. The van der Waals surface area contributed by atoms with Gasteiger partial charge in [-0.1, -0.05) is 5.11 Å². The Hall–Kier alpha value is -1.42. The van der Waals surface area contributed by atoms with Crippen molar-refractivity contribution in [1.29, 1.82) is 0 Å². The van der Waals surface area contributed by atoms with E-state index in [9.17, 15) is 4.79 Å². The predicted molar refractivity (Wildman–Crippen MR) is 67.0 cm³/mol. The molecule has 6 heteroatoms. The van der Waals surface area contributed by atoms with Crippen molar-refractivity contribution in [1.82, 2.24) is 4.90 Å². The number of nitrogens with zero attached hydrogens (tertiary/aromatic N) is 4. The van der Waals surface area contributed by atoms with Crippen LogP contribution in [0, 0.1) is 5.92 Å². The zero-order valence-corrected chi connectivity index (χ0v) is 11.2. The molecule has 1 heterocycles. The van der Waals surface area contributed by atoms with Gasteiger partial charge in [0, 0.05) is 23.5 Å². The van der Waals surface area contributed by atoms with Gasteiger partial charge in [0.2, 0.25) is 0 Å². The molecule has 2 aliphatic rings. The molecule has 1 saturated carbocycles. The van der Waals surface area contributed by atoms with Crippen molar-refractivity contribution < 1.29 is 9.53 Å². The lowest BCUT2D eigenvalue weighted by Crippen LogP contribution is -2.48. The lowest BCUT2D eigenvalue weighted by Gasteiger charge is -2.35. The maximum atomic E-state index is 12.2. The summed E-state index contributed by atoms with van der Waals surface area (Å²) in [5.41, 5.74) is 7.95. The van der Waals surface area contributed by atoms with Crippen LogP contribution in [0.4, 0.5) is 4.79 Å².